The summed E-state index contributed by atoms with van der Waals surface area (Å²) in [6.07, 6.45) is -2.98. The van der Waals surface area contributed by atoms with Crippen LogP contribution in [0.2, 0.25) is 0 Å². The predicted molar refractivity (Wildman–Crippen MR) is 106 cm³/mol. The number of nitrogens with zero attached hydrogens (tertiary/aromatic N) is 3. The van der Waals surface area contributed by atoms with Crippen molar-refractivity contribution in [1.29, 1.82) is 0 Å². The molecule has 0 bridgehead atoms. The number of thiazole rings is 1. The summed E-state index contributed by atoms with van der Waals surface area (Å²) < 4.78 is 44.2. The topological polar surface area (TPSA) is 65.0 Å². The van der Waals surface area contributed by atoms with E-state index >= 15 is 0 Å². The lowest BCUT2D eigenvalue weighted by atomic mass is 9.82. The molecule has 2 heterocycles. The minimum atomic E-state index is -4.13. The smallest absolute Gasteiger partial charge is 0.391 e. The minimum absolute atomic E-state index is 0.0113. The Morgan fingerprint density at radius 3 is 2.47 bits per heavy atom. The highest BCUT2D eigenvalue weighted by molar-refractivity contribution is 7.18. The molecular formula is C21H20F3N3O2S. The van der Waals surface area contributed by atoms with Crippen molar-refractivity contribution in [1.82, 2.24) is 15.0 Å². The standard InChI is InChI=1S/C21H20F3N3O2S/c1-12-25-16(11-29-20(28)14-5-3-2-4-6-14)17-19(26-12)30-18(27-17)13-7-9-15(10-8-13)21(22,23)24/h2-6,13,15H,7-11H2,1H3/t13-,15-. The highest BCUT2D eigenvalue weighted by Crippen LogP contribution is 2.44. The number of halogens is 3. The van der Waals surface area contributed by atoms with E-state index in [4.69, 9.17) is 4.74 Å². The number of alkyl halides is 3. The number of aryl methyl sites for hydroxylation is 1. The zero-order valence-electron chi connectivity index (χ0n) is 16.3. The molecule has 0 spiro atoms. The molecular weight excluding hydrogens is 415 g/mol. The van der Waals surface area contributed by atoms with Gasteiger partial charge < -0.3 is 4.74 Å². The van der Waals surface area contributed by atoms with E-state index in [1.54, 1.807) is 31.2 Å². The second-order valence-electron chi connectivity index (χ2n) is 7.46. The number of ether oxygens (including phenoxy) is 1. The van der Waals surface area contributed by atoms with Crippen LogP contribution in [-0.4, -0.2) is 27.1 Å². The van der Waals surface area contributed by atoms with Crippen LogP contribution in [0.5, 0.6) is 0 Å². The number of hydrogen-bond donors (Lipinski definition) is 0. The summed E-state index contributed by atoms with van der Waals surface area (Å²) in [4.78, 5) is 26.3. The van der Waals surface area contributed by atoms with Gasteiger partial charge >= 0.3 is 12.1 Å². The Hall–Kier alpha value is -2.55. The molecule has 1 saturated carbocycles. The predicted octanol–water partition coefficient (Wildman–Crippen LogP) is 5.59. The van der Waals surface area contributed by atoms with Crippen LogP contribution < -0.4 is 0 Å². The van der Waals surface area contributed by atoms with Crippen LogP contribution in [0.25, 0.3) is 10.3 Å². The molecule has 1 aromatic carbocycles. The molecule has 2 aromatic heterocycles. The third kappa shape index (κ3) is 4.45. The van der Waals surface area contributed by atoms with Crippen molar-refractivity contribution in [2.75, 3.05) is 0 Å². The average molecular weight is 435 g/mol. The van der Waals surface area contributed by atoms with Gasteiger partial charge in [0.05, 0.1) is 16.5 Å². The van der Waals surface area contributed by atoms with Crippen molar-refractivity contribution in [2.45, 2.75) is 51.3 Å². The normalized spacial score (nSPS) is 19.7. The summed E-state index contributed by atoms with van der Waals surface area (Å²) in [6, 6.07) is 8.66. The quantitative estimate of drug-likeness (QED) is 0.500. The molecule has 0 saturated heterocycles. The van der Waals surface area contributed by atoms with Crippen molar-refractivity contribution in [3.8, 4) is 0 Å². The van der Waals surface area contributed by atoms with Gasteiger partial charge in [-0.1, -0.05) is 29.5 Å². The molecule has 5 nitrogen and oxygen atoms in total. The van der Waals surface area contributed by atoms with E-state index in [0.717, 1.165) is 5.01 Å². The first-order valence-electron chi connectivity index (χ1n) is 9.74. The Bertz CT molecular complexity index is 1040. The van der Waals surface area contributed by atoms with Gasteiger partial charge in [0.1, 0.15) is 28.5 Å². The maximum atomic E-state index is 12.9. The molecule has 0 amide bonds. The lowest BCUT2D eigenvalue weighted by molar-refractivity contribution is -0.182. The molecule has 30 heavy (non-hydrogen) atoms. The molecule has 0 radical (unpaired) electrons. The summed E-state index contributed by atoms with van der Waals surface area (Å²) >= 11 is 1.39. The Balaban J connectivity index is 1.51. The van der Waals surface area contributed by atoms with Crippen LogP contribution in [0.4, 0.5) is 13.2 Å². The van der Waals surface area contributed by atoms with Crippen molar-refractivity contribution in [3.63, 3.8) is 0 Å². The summed E-state index contributed by atoms with van der Waals surface area (Å²) in [5.74, 6) is -1.16. The third-order valence-corrected chi connectivity index (χ3v) is 6.46. The second kappa shape index (κ2) is 8.29. The van der Waals surface area contributed by atoms with Crippen LogP contribution in [0, 0.1) is 12.8 Å². The van der Waals surface area contributed by atoms with Crippen LogP contribution in [0.1, 0.15) is 58.5 Å². The molecule has 9 heteroatoms. The van der Waals surface area contributed by atoms with Crippen molar-refractivity contribution < 1.29 is 22.7 Å². The fourth-order valence-corrected chi connectivity index (χ4v) is 4.92. The highest BCUT2D eigenvalue weighted by Gasteiger charge is 2.42. The largest absolute Gasteiger partial charge is 0.455 e. The van der Waals surface area contributed by atoms with Gasteiger partial charge in [0.25, 0.3) is 0 Å². The summed E-state index contributed by atoms with van der Waals surface area (Å²) in [7, 11) is 0. The average Bonchev–Trinajstić information content (AvgIpc) is 3.16. The summed E-state index contributed by atoms with van der Waals surface area (Å²) in [5, 5.41) is 0.779. The monoisotopic (exact) mass is 435 g/mol. The second-order valence-corrected chi connectivity index (χ2v) is 8.46. The van der Waals surface area contributed by atoms with Gasteiger partial charge in [0, 0.05) is 5.92 Å². The lowest BCUT2D eigenvalue weighted by Crippen LogP contribution is -2.27. The van der Waals surface area contributed by atoms with E-state index in [0.29, 0.717) is 40.3 Å². The number of fused-ring (bicyclic) bond motifs is 1. The number of hydrogen-bond acceptors (Lipinski definition) is 6. The number of carbonyl (C=O) groups excluding carboxylic acids is 1. The first kappa shape index (κ1) is 20.7. The van der Waals surface area contributed by atoms with E-state index in [2.05, 4.69) is 15.0 Å². The van der Waals surface area contributed by atoms with Gasteiger partial charge in [-0.05, 0) is 44.7 Å². The number of aromatic nitrogens is 3. The highest BCUT2D eigenvalue weighted by atomic mass is 32.1. The van der Waals surface area contributed by atoms with E-state index in [1.165, 1.54) is 11.3 Å². The number of esters is 1. The lowest BCUT2D eigenvalue weighted by Gasteiger charge is -2.28. The van der Waals surface area contributed by atoms with Gasteiger partial charge in [-0.15, -0.1) is 0 Å². The van der Waals surface area contributed by atoms with Gasteiger partial charge in [-0.3, -0.25) is 0 Å². The summed E-state index contributed by atoms with van der Waals surface area (Å²) in [5.41, 5.74) is 1.51. The molecule has 4 rings (SSSR count). The molecule has 3 aromatic rings. The first-order valence-corrected chi connectivity index (χ1v) is 10.6. The maximum Gasteiger partial charge on any atom is 0.391 e. The maximum absolute atomic E-state index is 12.9. The number of carbonyl (C=O) groups is 1. The van der Waals surface area contributed by atoms with Gasteiger partial charge in [-0.2, -0.15) is 13.2 Å². The Morgan fingerprint density at radius 1 is 1.10 bits per heavy atom. The Morgan fingerprint density at radius 2 is 1.80 bits per heavy atom. The minimum Gasteiger partial charge on any atom is -0.455 e. The van der Waals surface area contributed by atoms with E-state index in [1.807, 2.05) is 6.07 Å². The molecule has 158 valence electrons. The SMILES string of the molecule is Cc1nc(COC(=O)c2ccccc2)c2nc([C@H]3CC[C@H](C(F)(F)F)CC3)sc2n1. The molecule has 0 aliphatic heterocycles. The molecule has 1 fully saturated rings. The van der Waals surface area contributed by atoms with Crippen LogP contribution >= 0.6 is 11.3 Å². The fraction of sp³-hybridized carbons (Fsp3) is 0.429. The summed E-state index contributed by atoms with van der Waals surface area (Å²) in [6.45, 7) is 1.70. The van der Waals surface area contributed by atoms with Gasteiger partial charge in [0.15, 0.2) is 0 Å². The van der Waals surface area contributed by atoms with Crippen LogP contribution in [-0.2, 0) is 11.3 Å². The number of rotatable bonds is 4. The molecule has 0 atom stereocenters. The first-order chi connectivity index (χ1) is 14.3. The fourth-order valence-electron chi connectivity index (χ4n) is 3.75. The molecule has 0 N–H and O–H groups in total. The van der Waals surface area contributed by atoms with Crippen molar-refractivity contribution >= 4 is 27.7 Å². The van der Waals surface area contributed by atoms with E-state index in [-0.39, 0.29) is 25.4 Å². The van der Waals surface area contributed by atoms with Crippen LogP contribution in [0.15, 0.2) is 30.3 Å². The van der Waals surface area contributed by atoms with E-state index < -0.39 is 18.1 Å². The van der Waals surface area contributed by atoms with Gasteiger partial charge in [0.2, 0.25) is 0 Å². The number of benzene rings is 1. The third-order valence-electron chi connectivity index (χ3n) is 5.35. The van der Waals surface area contributed by atoms with Crippen molar-refractivity contribution in [3.05, 3.63) is 52.4 Å². The van der Waals surface area contributed by atoms with E-state index in [9.17, 15) is 18.0 Å². The molecule has 1 aliphatic rings. The molecule has 0 unspecified atom stereocenters. The molecule has 1 aliphatic carbocycles. The Labute approximate surface area is 175 Å². The van der Waals surface area contributed by atoms with Crippen LogP contribution in [0.3, 0.4) is 0 Å². The zero-order valence-corrected chi connectivity index (χ0v) is 17.1. The Kier molecular flexibility index (Phi) is 5.73. The van der Waals surface area contributed by atoms with Crippen molar-refractivity contribution in [2.24, 2.45) is 5.92 Å². The zero-order chi connectivity index (χ0) is 21.3. The van der Waals surface area contributed by atoms with Gasteiger partial charge in [-0.25, -0.2) is 19.7 Å².